The summed E-state index contributed by atoms with van der Waals surface area (Å²) >= 11 is 1.42. The van der Waals surface area contributed by atoms with E-state index >= 15 is 0 Å². The number of carbonyl (C=O) groups is 1. The first-order chi connectivity index (χ1) is 13.0. The van der Waals surface area contributed by atoms with Crippen molar-refractivity contribution < 1.29 is 9.69 Å². The average Bonchev–Trinajstić information content (AvgIpc) is 3.15. The van der Waals surface area contributed by atoms with Gasteiger partial charge in [-0.3, -0.25) is 4.79 Å². The number of thioether (sulfide) groups is 1. The molecule has 27 heavy (non-hydrogen) atoms. The molecule has 8 heteroatoms. The molecule has 1 aromatic heterocycles. The minimum atomic E-state index is -0.215. The van der Waals surface area contributed by atoms with Crippen LogP contribution in [-0.2, 0) is 4.79 Å². The highest BCUT2D eigenvalue weighted by molar-refractivity contribution is 8.00. The molecule has 2 heterocycles. The number of benzene rings is 1. The van der Waals surface area contributed by atoms with Crippen LogP contribution in [0, 0.1) is 0 Å². The Morgan fingerprint density at radius 2 is 1.85 bits per heavy atom. The van der Waals surface area contributed by atoms with Crippen molar-refractivity contribution in [2.45, 2.75) is 44.0 Å². The molecule has 0 saturated carbocycles. The lowest BCUT2D eigenvalue weighted by Crippen LogP contribution is -3.14. The van der Waals surface area contributed by atoms with Gasteiger partial charge in [-0.25, -0.2) is 0 Å². The molecule has 1 atom stereocenters. The van der Waals surface area contributed by atoms with Crippen LogP contribution in [0.1, 0.15) is 39.2 Å². The van der Waals surface area contributed by atoms with E-state index in [9.17, 15) is 4.79 Å². The van der Waals surface area contributed by atoms with Gasteiger partial charge in [0.15, 0.2) is 0 Å². The molecule has 0 spiro atoms. The molecular formula is C19H29N6OS+. The monoisotopic (exact) mass is 389 g/mol. The first kappa shape index (κ1) is 19.8. The Morgan fingerprint density at radius 3 is 2.44 bits per heavy atom. The number of likely N-dealkylation sites (N-methyl/N-ethyl adjacent to an activating group) is 1. The first-order valence-corrected chi connectivity index (χ1v) is 10.5. The molecule has 7 nitrogen and oxygen atoms in total. The van der Waals surface area contributed by atoms with Gasteiger partial charge in [0, 0.05) is 0 Å². The molecule has 2 aromatic rings. The van der Waals surface area contributed by atoms with Crippen LogP contribution < -0.4 is 4.90 Å². The molecule has 1 aliphatic heterocycles. The zero-order valence-electron chi connectivity index (χ0n) is 16.6. The lowest BCUT2D eigenvalue weighted by Gasteiger charge is -2.32. The highest BCUT2D eigenvalue weighted by Gasteiger charge is 2.28. The number of aromatic nitrogens is 4. The van der Waals surface area contributed by atoms with Crippen molar-refractivity contribution in [2.75, 3.05) is 32.7 Å². The van der Waals surface area contributed by atoms with Crippen molar-refractivity contribution >= 4 is 17.7 Å². The van der Waals surface area contributed by atoms with E-state index in [4.69, 9.17) is 0 Å². The SMILES string of the molecule is CC[NH+]1CCN(C(=O)[C@@H](C)Sc2nnnn2-c2ccc(C(C)C)cc2)CC1. The van der Waals surface area contributed by atoms with Crippen molar-refractivity contribution in [1.82, 2.24) is 25.1 Å². The Labute approximate surface area is 165 Å². The molecule has 1 amide bonds. The number of quaternary nitrogens is 1. The summed E-state index contributed by atoms with van der Waals surface area (Å²) in [5.74, 6) is 0.647. The van der Waals surface area contributed by atoms with Gasteiger partial charge in [-0.15, -0.1) is 5.10 Å². The van der Waals surface area contributed by atoms with Crippen LogP contribution in [0.3, 0.4) is 0 Å². The zero-order valence-corrected chi connectivity index (χ0v) is 17.4. The molecule has 0 unspecified atom stereocenters. The van der Waals surface area contributed by atoms with Crippen molar-refractivity contribution in [3.63, 3.8) is 0 Å². The minimum absolute atomic E-state index is 0.167. The number of carbonyl (C=O) groups excluding carboxylic acids is 1. The van der Waals surface area contributed by atoms with Crippen molar-refractivity contribution in [2.24, 2.45) is 0 Å². The van der Waals surface area contributed by atoms with Gasteiger partial charge in [-0.2, -0.15) is 4.68 Å². The van der Waals surface area contributed by atoms with E-state index in [-0.39, 0.29) is 11.2 Å². The third kappa shape index (κ3) is 4.68. The summed E-state index contributed by atoms with van der Waals surface area (Å²) in [5, 5.41) is 12.5. The molecule has 1 aliphatic rings. The van der Waals surface area contributed by atoms with Crippen molar-refractivity contribution in [1.29, 1.82) is 0 Å². The molecule has 1 saturated heterocycles. The maximum Gasteiger partial charge on any atom is 0.236 e. The molecule has 0 aliphatic carbocycles. The lowest BCUT2D eigenvalue weighted by atomic mass is 10.0. The highest BCUT2D eigenvalue weighted by Crippen LogP contribution is 2.25. The summed E-state index contributed by atoms with van der Waals surface area (Å²) in [5.41, 5.74) is 2.18. The van der Waals surface area contributed by atoms with Crippen LogP contribution in [-0.4, -0.2) is 69.0 Å². The van der Waals surface area contributed by atoms with Gasteiger partial charge in [0.1, 0.15) is 0 Å². The van der Waals surface area contributed by atoms with Crippen LogP contribution in [0.4, 0.5) is 0 Å². The number of hydrogen-bond donors (Lipinski definition) is 1. The summed E-state index contributed by atoms with van der Waals surface area (Å²) in [6.07, 6.45) is 0. The molecule has 1 N–H and O–H groups in total. The van der Waals surface area contributed by atoms with Gasteiger partial charge in [0.05, 0.1) is 43.7 Å². The number of tetrazole rings is 1. The van der Waals surface area contributed by atoms with E-state index in [1.165, 1.54) is 17.3 Å². The predicted octanol–water partition coefficient (Wildman–Crippen LogP) is 1.01. The lowest BCUT2D eigenvalue weighted by molar-refractivity contribution is -0.902. The molecule has 3 rings (SSSR count). The van der Waals surface area contributed by atoms with E-state index in [0.29, 0.717) is 11.1 Å². The normalized spacial score (nSPS) is 16.7. The molecule has 0 bridgehead atoms. The van der Waals surface area contributed by atoms with Crippen LogP contribution >= 0.6 is 11.8 Å². The number of piperazine rings is 1. The van der Waals surface area contributed by atoms with E-state index in [2.05, 4.69) is 48.4 Å². The van der Waals surface area contributed by atoms with Crippen LogP contribution in [0.2, 0.25) is 0 Å². The van der Waals surface area contributed by atoms with Gasteiger partial charge in [-0.05, 0) is 47.9 Å². The maximum atomic E-state index is 12.8. The number of hydrogen-bond acceptors (Lipinski definition) is 5. The molecule has 1 fully saturated rings. The minimum Gasteiger partial charge on any atom is -0.332 e. The summed E-state index contributed by atoms with van der Waals surface area (Å²) in [6.45, 7) is 13.3. The van der Waals surface area contributed by atoms with E-state index in [0.717, 1.165) is 38.4 Å². The second kappa shape index (κ2) is 8.84. The van der Waals surface area contributed by atoms with Gasteiger partial charge in [0.25, 0.3) is 0 Å². The molecule has 146 valence electrons. The van der Waals surface area contributed by atoms with E-state index in [1.807, 2.05) is 24.0 Å². The van der Waals surface area contributed by atoms with Crippen LogP contribution in [0.25, 0.3) is 5.69 Å². The Kier molecular flexibility index (Phi) is 6.49. The second-order valence-electron chi connectivity index (χ2n) is 7.31. The zero-order chi connectivity index (χ0) is 19.4. The Bertz CT molecular complexity index is 752. The first-order valence-electron chi connectivity index (χ1n) is 9.67. The molecule has 1 aromatic carbocycles. The third-order valence-corrected chi connectivity index (χ3v) is 6.18. The Morgan fingerprint density at radius 1 is 1.19 bits per heavy atom. The van der Waals surface area contributed by atoms with Gasteiger partial charge >= 0.3 is 0 Å². The number of rotatable bonds is 6. The average molecular weight is 390 g/mol. The van der Waals surface area contributed by atoms with Gasteiger partial charge in [-0.1, -0.05) is 37.7 Å². The van der Waals surface area contributed by atoms with E-state index in [1.54, 1.807) is 9.58 Å². The number of nitrogens with zero attached hydrogens (tertiary/aromatic N) is 5. The fourth-order valence-corrected chi connectivity index (χ4v) is 4.17. The summed E-state index contributed by atoms with van der Waals surface area (Å²) in [7, 11) is 0. The fraction of sp³-hybridized carbons (Fsp3) is 0.579. The van der Waals surface area contributed by atoms with Gasteiger partial charge < -0.3 is 9.80 Å². The number of amides is 1. The summed E-state index contributed by atoms with van der Waals surface area (Å²) < 4.78 is 1.71. The van der Waals surface area contributed by atoms with Crippen LogP contribution in [0.15, 0.2) is 29.4 Å². The predicted molar refractivity (Wildman–Crippen MR) is 106 cm³/mol. The maximum absolute atomic E-state index is 12.8. The quantitative estimate of drug-likeness (QED) is 0.747. The Balaban J connectivity index is 1.66. The summed E-state index contributed by atoms with van der Waals surface area (Å²) in [4.78, 5) is 16.3. The number of nitrogens with one attached hydrogen (secondary N) is 1. The van der Waals surface area contributed by atoms with Crippen LogP contribution in [0.5, 0.6) is 0 Å². The van der Waals surface area contributed by atoms with Crippen molar-refractivity contribution in [3.8, 4) is 5.69 Å². The third-order valence-electron chi connectivity index (χ3n) is 5.16. The summed E-state index contributed by atoms with van der Waals surface area (Å²) in [6, 6.07) is 8.24. The van der Waals surface area contributed by atoms with Crippen molar-refractivity contribution in [3.05, 3.63) is 29.8 Å². The smallest absolute Gasteiger partial charge is 0.236 e. The van der Waals surface area contributed by atoms with Gasteiger partial charge in [0.2, 0.25) is 11.1 Å². The second-order valence-corrected chi connectivity index (χ2v) is 8.62. The fourth-order valence-electron chi connectivity index (χ4n) is 3.28. The Hall–Kier alpha value is -1.93. The topological polar surface area (TPSA) is 68.3 Å². The standard InChI is InChI=1S/C19H28N6OS/c1-5-23-10-12-24(13-11-23)18(26)15(4)27-19-20-21-22-25(19)17-8-6-16(7-9-17)14(2)3/h6-9,14-15H,5,10-13H2,1-4H3/p+1/t15-/m1/s1. The highest BCUT2D eigenvalue weighted by atomic mass is 32.2. The molecular weight excluding hydrogens is 360 g/mol. The molecule has 0 radical (unpaired) electrons. The van der Waals surface area contributed by atoms with E-state index < -0.39 is 0 Å². The largest absolute Gasteiger partial charge is 0.332 e.